The van der Waals surface area contributed by atoms with Crippen molar-refractivity contribution >= 4 is 5.91 Å². The Hall–Kier alpha value is -2.73. The molecule has 0 saturated heterocycles. The molecule has 0 saturated carbocycles. The van der Waals surface area contributed by atoms with Crippen LogP contribution in [0.5, 0.6) is 17.2 Å². The number of para-hydroxylation sites is 1. The first-order chi connectivity index (χ1) is 12.2. The maximum Gasteiger partial charge on any atom is 0.251 e. The quantitative estimate of drug-likeness (QED) is 0.842. The van der Waals surface area contributed by atoms with Gasteiger partial charge < -0.3 is 24.6 Å². The first-order valence-electron chi connectivity index (χ1n) is 8.17. The second-order valence-electron chi connectivity index (χ2n) is 5.64. The summed E-state index contributed by atoms with van der Waals surface area (Å²) in [6.45, 7) is 0.586. The highest BCUT2D eigenvalue weighted by Crippen LogP contribution is 2.32. The SMILES string of the molecule is COc1ccc(C(=O)N[C@@H]2CCOc3ccccc32)cc1OCCO. The fourth-order valence-electron chi connectivity index (χ4n) is 2.82. The van der Waals surface area contributed by atoms with Gasteiger partial charge in [-0.2, -0.15) is 0 Å². The zero-order chi connectivity index (χ0) is 17.6. The van der Waals surface area contributed by atoms with Gasteiger partial charge in [-0.3, -0.25) is 4.79 Å². The molecule has 6 heteroatoms. The average Bonchev–Trinajstić information content (AvgIpc) is 2.66. The van der Waals surface area contributed by atoms with E-state index in [1.54, 1.807) is 18.2 Å². The third kappa shape index (κ3) is 3.85. The van der Waals surface area contributed by atoms with Crippen molar-refractivity contribution in [3.8, 4) is 17.2 Å². The number of carbonyl (C=O) groups excluding carboxylic acids is 1. The van der Waals surface area contributed by atoms with Crippen molar-refractivity contribution in [3.63, 3.8) is 0 Å². The number of fused-ring (bicyclic) bond motifs is 1. The van der Waals surface area contributed by atoms with E-state index in [4.69, 9.17) is 19.3 Å². The van der Waals surface area contributed by atoms with Crippen LogP contribution in [0.15, 0.2) is 42.5 Å². The Bertz CT molecular complexity index is 746. The highest BCUT2D eigenvalue weighted by atomic mass is 16.5. The van der Waals surface area contributed by atoms with Gasteiger partial charge in [-0.15, -0.1) is 0 Å². The molecule has 25 heavy (non-hydrogen) atoms. The molecular weight excluding hydrogens is 322 g/mol. The van der Waals surface area contributed by atoms with Gasteiger partial charge in [-0.05, 0) is 24.3 Å². The summed E-state index contributed by atoms with van der Waals surface area (Å²) in [5.74, 6) is 1.55. The molecule has 2 aromatic carbocycles. The highest BCUT2D eigenvalue weighted by molar-refractivity contribution is 5.95. The molecule has 1 heterocycles. The molecule has 1 atom stereocenters. The molecule has 2 aromatic rings. The first-order valence-corrected chi connectivity index (χ1v) is 8.17. The van der Waals surface area contributed by atoms with E-state index >= 15 is 0 Å². The van der Waals surface area contributed by atoms with Gasteiger partial charge in [0.25, 0.3) is 5.91 Å². The molecule has 1 amide bonds. The van der Waals surface area contributed by atoms with Crippen LogP contribution in [0, 0.1) is 0 Å². The molecule has 6 nitrogen and oxygen atoms in total. The molecule has 0 bridgehead atoms. The van der Waals surface area contributed by atoms with Gasteiger partial charge in [0, 0.05) is 17.5 Å². The monoisotopic (exact) mass is 343 g/mol. The lowest BCUT2D eigenvalue weighted by Gasteiger charge is -2.26. The van der Waals surface area contributed by atoms with Crippen LogP contribution in [0.4, 0.5) is 0 Å². The smallest absolute Gasteiger partial charge is 0.251 e. The lowest BCUT2D eigenvalue weighted by atomic mass is 10.00. The summed E-state index contributed by atoms with van der Waals surface area (Å²) in [6, 6.07) is 12.6. The fourth-order valence-corrected chi connectivity index (χ4v) is 2.82. The number of aliphatic hydroxyl groups excluding tert-OH is 1. The van der Waals surface area contributed by atoms with Crippen LogP contribution in [0.2, 0.25) is 0 Å². The summed E-state index contributed by atoms with van der Waals surface area (Å²) in [5, 5.41) is 12.0. The number of carbonyl (C=O) groups is 1. The lowest BCUT2D eigenvalue weighted by molar-refractivity contribution is 0.0924. The highest BCUT2D eigenvalue weighted by Gasteiger charge is 2.23. The Morgan fingerprint density at radius 3 is 2.92 bits per heavy atom. The Balaban J connectivity index is 1.78. The first kappa shape index (κ1) is 17.1. The minimum atomic E-state index is -0.196. The van der Waals surface area contributed by atoms with Crippen LogP contribution >= 0.6 is 0 Å². The van der Waals surface area contributed by atoms with Gasteiger partial charge in [0.05, 0.1) is 26.4 Å². The summed E-state index contributed by atoms with van der Waals surface area (Å²) in [7, 11) is 1.53. The van der Waals surface area contributed by atoms with Crippen LogP contribution in [-0.2, 0) is 0 Å². The molecule has 0 radical (unpaired) electrons. The maximum absolute atomic E-state index is 12.7. The molecule has 0 unspecified atom stereocenters. The summed E-state index contributed by atoms with van der Waals surface area (Å²) in [5.41, 5.74) is 1.45. The number of nitrogens with one attached hydrogen (secondary N) is 1. The molecule has 0 spiro atoms. The summed E-state index contributed by atoms with van der Waals surface area (Å²) in [4.78, 5) is 12.7. The zero-order valence-corrected chi connectivity index (χ0v) is 14.0. The van der Waals surface area contributed by atoms with E-state index in [0.717, 1.165) is 11.3 Å². The van der Waals surface area contributed by atoms with Crippen molar-refractivity contribution in [2.45, 2.75) is 12.5 Å². The molecule has 3 rings (SSSR count). The normalized spacial score (nSPS) is 15.7. The van der Waals surface area contributed by atoms with Crippen LogP contribution in [0.3, 0.4) is 0 Å². The van der Waals surface area contributed by atoms with Crippen molar-refractivity contribution in [2.24, 2.45) is 0 Å². The largest absolute Gasteiger partial charge is 0.493 e. The van der Waals surface area contributed by atoms with Crippen LogP contribution in [-0.4, -0.2) is 37.9 Å². The molecule has 0 aliphatic carbocycles. The number of methoxy groups -OCH3 is 1. The van der Waals surface area contributed by atoms with Crippen LogP contribution in [0.1, 0.15) is 28.4 Å². The second-order valence-corrected chi connectivity index (χ2v) is 5.64. The predicted molar refractivity (Wildman–Crippen MR) is 92.3 cm³/mol. The number of hydrogen-bond acceptors (Lipinski definition) is 5. The molecule has 1 aliphatic heterocycles. The lowest BCUT2D eigenvalue weighted by Crippen LogP contribution is -2.32. The van der Waals surface area contributed by atoms with Crippen molar-refractivity contribution < 1.29 is 24.1 Å². The predicted octanol–water partition coefficient (Wildman–Crippen LogP) is 2.32. The maximum atomic E-state index is 12.7. The summed E-state index contributed by atoms with van der Waals surface area (Å²) in [6.07, 6.45) is 0.715. The van der Waals surface area contributed by atoms with Gasteiger partial charge in [0.2, 0.25) is 0 Å². The number of rotatable bonds is 6. The van der Waals surface area contributed by atoms with Gasteiger partial charge in [0.15, 0.2) is 11.5 Å². The van der Waals surface area contributed by atoms with Crippen molar-refractivity contribution in [3.05, 3.63) is 53.6 Å². The van der Waals surface area contributed by atoms with Crippen molar-refractivity contribution in [1.29, 1.82) is 0 Å². The summed E-state index contributed by atoms with van der Waals surface area (Å²) < 4.78 is 16.3. The van der Waals surface area contributed by atoms with E-state index in [1.807, 2.05) is 24.3 Å². The van der Waals surface area contributed by atoms with E-state index in [9.17, 15) is 4.79 Å². The van der Waals surface area contributed by atoms with Crippen molar-refractivity contribution in [1.82, 2.24) is 5.32 Å². The second kappa shape index (κ2) is 7.90. The van der Waals surface area contributed by atoms with Gasteiger partial charge >= 0.3 is 0 Å². The molecule has 0 fully saturated rings. The molecule has 132 valence electrons. The van der Waals surface area contributed by atoms with E-state index in [1.165, 1.54) is 7.11 Å². The molecule has 2 N–H and O–H groups in total. The van der Waals surface area contributed by atoms with E-state index in [-0.39, 0.29) is 25.2 Å². The standard InChI is InChI=1S/C19H21NO5/c1-23-17-7-6-13(12-18(17)25-11-9-21)19(22)20-15-8-10-24-16-5-3-2-4-14(15)16/h2-7,12,15,21H,8-11H2,1H3,(H,20,22)/t15-/m1/s1. The molecule has 0 aromatic heterocycles. The minimum Gasteiger partial charge on any atom is -0.493 e. The number of amides is 1. The topological polar surface area (TPSA) is 77.0 Å². The number of ether oxygens (including phenoxy) is 3. The van der Waals surface area contributed by atoms with Gasteiger partial charge in [-0.25, -0.2) is 0 Å². The van der Waals surface area contributed by atoms with E-state index in [0.29, 0.717) is 30.1 Å². The Labute approximate surface area is 146 Å². The van der Waals surface area contributed by atoms with Crippen molar-refractivity contribution in [2.75, 3.05) is 26.9 Å². The molecular formula is C19H21NO5. The fraction of sp³-hybridized carbons (Fsp3) is 0.316. The Kier molecular flexibility index (Phi) is 5.40. The zero-order valence-electron chi connectivity index (χ0n) is 14.0. The molecule has 1 aliphatic rings. The van der Waals surface area contributed by atoms with Gasteiger partial charge in [0.1, 0.15) is 12.4 Å². The third-order valence-electron chi connectivity index (χ3n) is 4.04. The number of hydrogen-bond donors (Lipinski definition) is 2. The van der Waals surface area contributed by atoms with Crippen LogP contribution < -0.4 is 19.5 Å². The minimum absolute atomic E-state index is 0.0960. The summed E-state index contributed by atoms with van der Waals surface area (Å²) >= 11 is 0. The van der Waals surface area contributed by atoms with E-state index < -0.39 is 0 Å². The number of aliphatic hydroxyl groups is 1. The Morgan fingerprint density at radius 2 is 2.12 bits per heavy atom. The van der Waals surface area contributed by atoms with Gasteiger partial charge in [-0.1, -0.05) is 18.2 Å². The number of benzene rings is 2. The third-order valence-corrected chi connectivity index (χ3v) is 4.04. The van der Waals surface area contributed by atoms with E-state index in [2.05, 4.69) is 5.32 Å². The average molecular weight is 343 g/mol. The Morgan fingerprint density at radius 1 is 1.28 bits per heavy atom. The van der Waals surface area contributed by atoms with Crippen LogP contribution in [0.25, 0.3) is 0 Å².